The van der Waals surface area contributed by atoms with Crippen LogP contribution in [0.5, 0.6) is 5.75 Å². The molecule has 0 unspecified atom stereocenters. The lowest BCUT2D eigenvalue weighted by atomic mass is 10.0. The molecule has 2 N–H and O–H groups in total. The van der Waals surface area contributed by atoms with Crippen LogP contribution in [0.4, 0.5) is 11.4 Å². The summed E-state index contributed by atoms with van der Waals surface area (Å²) in [6, 6.07) is 5.86. The van der Waals surface area contributed by atoms with E-state index in [2.05, 4.69) is 10.6 Å². The van der Waals surface area contributed by atoms with Gasteiger partial charge in [0.05, 0.1) is 12.8 Å². The number of likely N-dealkylation sites (tertiary alicyclic amines) is 1. The normalized spacial score (nSPS) is 15.4. The van der Waals surface area contributed by atoms with Crippen molar-refractivity contribution in [3.63, 3.8) is 0 Å². The number of ether oxygens (including phenoxy) is 1. The second kappa shape index (κ2) is 6.97. The van der Waals surface area contributed by atoms with E-state index in [1.165, 1.54) is 6.92 Å². The van der Waals surface area contributed by atoms with Crippen molar-refractivity contribution >= 4 is 23.7 Å². The summed E-state index contributed by atoms with van der Waals surface area (Å²) in [6.45, 7) is 3.01. The first kappa shape index (κ1) is 15.2. The third-order valence-corrected chi connectivity index (χ3v) is 3.56. The molecule has 1 aromatic carbocycles. The van der Waals surface area contributed by atoms with Crippen molar-refractivity contribution in [2.24, 2.45) is 0 Å². The monoisotopic (exact) mass is 291 g/mol. The molecule has 0 aliphatic carbocycles. The predicted octanol–water partition coefficient (Wildman–Crippen LogP) is 1.69. The van der Waals surface area contributed by atoms with Crippen molar-refractivity contribution in [3.8, 4) is 5.75 Å². The summed E-state index contributed by atoms with van der Waals surface area (Å²) in [5, 5.41) is 6.18. The highest BCUT2D eigenvalue weighted by atomic mass is 16.5. The van der Waals surface area contributed by atoms with Crippen LogP contribution in [0.3, 0.4) is 0 Å². The van der Waals surface area contributed by atoms with Gasteiger partial charge < -0.3 is 20.3 Å². The van der Waals surface area contributed by atoms with Gasteiger partial charge >= 0.3 is 0 Å². The van der Waals surface area contributed by atoms with Gasteiger partial charge in [0, 0.05) is 37.8 Å². The first-order chi connectivity index (χ1) is 10.1. The SMILES string of the molecule is COc1cc(NC(C)=O)ccc1NC1CCN(C=O)CC1. The summed E-state index contributed by atoms with van der Waals surface area (Å²) in [6.07, 6.45) is 2.73. The van der Waals surface area contributed by atoms with E-state index in [9.17, 15) is 9.59 Å². The zero-order chi connectivity index (χ0) is 15.2. The van der Waals surface area contributed by atoms with Crippen LogP contribution in [-0.2, 0) is 9.59 Å². The quantitative estimate of drug-likeness (QED) is 0.810. The summed E-state index contributed by atoms with van der Waals surface area (Å²) in [5.41, 5.74) is 1.61. The number of rotatable bonds is 5. The number of amides is 2. The minimum absolute atomic E-state index is 0.112. The van der Waals surface area contributed by atoms with Gasteiger partial charge in [0.25, 0.3) is 0 Å². The first-order valence-electron chi connectivity index (χ1n) is 7.04. The lowest BCUT2D eigenvalue weighted by Crippen LogP contribution is -2.38. The Bertz CT molecular complexity index is 511. The molecule has 114 valence electrons. The van der Waals surface area contributed by atoms with Gasteiger partial charge in [-0.1, -0.05) is 0 Å². The minimum Gasteiger partial charge on any atom is -0.495 e. The molecule has 6 heteroatoms. The highest BCUT2D eigenvalue weighted by Crippen LogP contribution is 2.29. The molecule has 1 aromatic rings. The standard InChI is InChI=1S/C15H21N3O3/c1-11(20)16-13-3-4-14(15(9-13)21-2)17-12-5-7-18(10-19)8-6-12/h3-4,9-10,12,17H,5-8H2,1-2H3,(H,16,20). The number of nitrogens with zero attached hydrogens (tertiary/aromatic N) is 1. The Kier molecular flexibility index (Phi) is 5.03. The molecule has 1 heterocycles. The van der Waals surface area contributed by atoms with E-state index >= 15 is 0 Å². The van der Waals surface area contributed by atoms with E-state index in [1.54, 1.807) is 18.1 Å². The van der Waals surface area contributed by atoms with E-state index in [4.69, 9.17) is 4.74 Å². The summed E-state index contributed by atoms with van der Waals surface area (Å²) in [5.74, 6) is 0.582. The van der Waals surface area contributed by atoms with Crippen LogP contribution in [0.1, 0.15) is 19.8 Å². The van der Waals surface area contributed by atoms with Crippen molar-refractivity contribution in [1.29, 1.82) is 0 Å². The van der Waals surface area contributed by atoms with Crippen LogP contribution in [0, 0.1) is 0 Å². The van der Waals surface area contributed by atoms with Crippen LogP contribution in [-0.4, -0.2) is 43.5 Å². The fourth-order valence-corrected chi connectivity index (χ4v) is 2.46. The third-order valence-electron chi connectivity index (χ3n) is 3.56. The average Bonchev–Trinajstić information content (AvgIpc) is 2.49. The molecule has 1 saturated heterocycles. The second-order valence-electron chi connectivity index (χ2n) is 5.16. The number of methoxy groups -OCH3 is 1. The van der Waals surface area contributed by atoms with Gasteiger partial charge in [0.15, 0.2) is 0 Å². The zero-order valence-electron chi connectivity index (χ0n) is 12.4. The van der Waals surface area contributed by atoms with Gasteiger partial charge in [-0.2, -0.15) is 0 Å². The maximum absolute atomic E-state index is 11.1. The lowest BCUT2D eigenvalue weighted by Gasteiger charge is -2.30. The fraction of sp³-hybridized carbons (Fsp3) is 0.467. The van der Waals surface area contributed by atoms with Crippen LogP contribution < -0.4 is 15.4 Å². The molecular formula is C15H21N3O3. The fourth-order valence-electron chi connectivity index (χ4n) is 2.46. The maximum atomic E-state index is 11.1. The summed E-state index contributed by atoms with van der Waals surface area (Å²) >= 11 is 0. The molecule has 0 aromatic heterocycles. The van der Waals surface area contributed by atoms with Gasteiger partial charge in [0.2, 0.25) is 12.3 Å². The summed E-state index contributed by atoms with van der Waals surface area (Å²) in [7, 11) is 1.60. The smallest absolute Gasteiger partial charge is 0.221 e. The number of benzene rings is 1. The third kappa shape index (κ3) is 4.11. The maximum Gasteiger partial charge on any atom is 0.221 e. The van der Waals surface area contributed by atoms with E-state index in [0.717, 1.165) is 38.0 Å². The Hall–Kier alpha value is -2.24. The number of hydrogen-bond acceptors (Lipinski definition) is 4. The Balaban J connectivity index is 2.02. The van der Waals surface area contributed by atoms with Gasteiger partial charge in [-0.25, -0.2) is 0 Å². The molecule has 1 aliphatic rings. The van der Waals surface area contributed by atoms with Crippen LogP contribution >= 0.6 is 0 Å². The number of anilines is 2. The molecule has 2 amide bonds. The molecule has 0 spiro atoms. The molecule has 6 nitrogen and oxygen atoms in total. The average molecular weight is 291 g/mol. The molecule has 1 aliphatic heterocycles. The highest BCUT2D eigenvalue weighted by Gasteiger charge is 2.19. The van der Waals surface area contributed by atoms with Crippen LogP contribution in [0.25, 0.3) is 0 Å². The van der Waals surface area contributed by atoms with Crippen molar-refractivity contribution in [2.75, 3.05) is 30.8 Å². The summed E-state index contributed by atoms with van der Waals surface area (Å²) < 4.78 is 5.37. The van der Waals surface area contributed by atoms with E-state index < -0.39 is 0 Å². The van der Waals surface area contributed by atoms with Crippen molar-refractivity contribution in [3.05, 3.63) is 18.2 Å². The Morgan fingerprint density at radius 1 is 1.38 bits per heavy atom. The van der Waals surface area contributed by atoms with Crippen molar-refractivity contribution in [1.82, 2.24) is 4.90 Å². The molecule has 0 saturated carbocycles. The number of nitrogens with one attached hydrogen (secondary N) is 2. The van der Waals surface area contributed by atoms with E-state index in [-0.39, 0.29) is 5.91 Å². The largest absolute Gasteiger partial charge is 0.495 e. The molecule has 2 rings (SSSR count). The highest BCUT2D eigenvalue weighted by molar-refractivity contribution is 5.89. The van der Waals surface area contributed by atoms with Gasteiger partial charge in [-0.15, -0.1) is 0 Å². The molecule has 1 fully saturated rings. The number of carbonyl (C=O) groups excluding carboxylic acids is 2. The topological polar surface area (TPSA) is 70.7 Å². The zero-order valence-corrected chi connectivity index (χ0v) is 12.4. The van der Waals surface area contributed by atoms with Gasteiger partial charge in [0.1, 0.15) is 5.75 Å². The Morgan fingerprint density at radius 3 is 2.67 bits per heavy atom. The number of hydrogen-bond donors (Lipinski definition) is 2. The predicted molar refractivity (Wildman–Crippen MR) is 81.6 cm³/mol. The first-order valence-corrected chi connectivity index (χ1v) is 7.04. The second-order valence-corrected chi connectivity index (χ2v) is 5.16. The molecule has 0 bridgehead atoms. The van der Waals surface area contributed by atoms with Crippen molar-refractivity contribution < 1.29 is 14.3 Å². The number of piperidine rings is 1. The van der Waals surface area contributed by atoms with Gasteiger partial charge in [-0.05, 0) is 25.0 Å². The van der Waals surface area contributed by atoms with E-state index in [0.29, 0.717) is 17.5 Å². The van der Waals surface area contributed by atoms with Crippen LogP contribution in [0.2, 0.25) is 0 Å². The van der Waals surface area contributed by atoms with E-state index in [1.807, 2.05) is 12.1 Å². The molecule has 0 atom stereocenters. The Morgan fingerprint density at radius 2 is 2.10 bits per heavy atom. The number of carbonyl (C=O) groups is 2. The minimum atomic E-state index is -0.112. The van der Waals surface area contributed by atoms with Crippen LogP contribution in [0.15, 0.2) is 18.2 Å². The van der Waals surface area contributed by atoms with Gasteiger partial charge in [-0.3, -0.25) is 9.59 Å². The lowest BCUT2D eigenvalue weighted by molar-refractivity contribution is -0.119. The Labute approximate surface area is 124 Å². The summed E-state index contributed by atoms with van der Waals surface area (Å²) in [4.78, 5) is 23.6. The molecule has 0 radical (unpaired) electrons. The molecular weight excluding hydrogens is 270 g/mol. The molecule has 21 heavy (non-hydrogen) atoms. The van der Waals surface area contributed by atoms with Crippen molar-refractivity contribution in [2.45, 2.75) is 25.8 Å².